The van der Waals surface area contributed by atoms with Gasteiger partial charge in [-0.15, -0.1) is 0 Å². The van der Waals surface area contributed by atoms with Gasteiger partial charge in [0, 0.05) is 0 Å². The van der Waals surface area contributed by atoms with Crippen LogP contribution in [0.2, 0.25) is 0 Å². The fourth-order valence-electron chi connectivity index (χ4n) is 2.57. The monoisotopic (exact) mass is 390 g/mol. The van der Waals surface area contributed by atoms with Gasteiger partial charge >= 0.3 is 0 Å². The van der Waals surface area contributed by atoms with Crippen LogP contribution in [0, 0.1) is 20.8 Å². The molecule has 0 heteroatoms. The van der Waals surface area contributed by atoms with E-state index in [1.807, 2.05) is 19.9 Å². The van der Waals surface area contributed by atoms with Gasteiger partial charge < -0.3 is 0 Å². The van der Waals surface area contributed by atoms with E-state index in [-0.39, 0.29) is 5.41 Å². The standard InChI is InChI=1S/C11H16.2C8H10.C2H6/c1-9-5-7-10(8-6-9)11(2,3)4;1-7-4-3-5-8(2)6-7;1-2-8-6-4-3-5-7-8;1-2/h5-8H,1-4H3;3-6H,1-2H3;3-7H,2H2,1H3;1-2H3. The van der Waals surface area contributed by atoms with E-state index in [1.165, 1.54) is 27.8 Å². The normalized spacial score (nSPS) is 9.69. The minimum absolute atomic E-state index is 0.285. The molecule has 0 aliphatic heterocycles. The van der Waals surface area contributed by atoms with Crippen molar-refractivity contribution in [3.05, 3.63) is 107 Å². The Morgan fingerprint density at radius 2 is 1.07 bits per heavy atom. The second kappa shape index (κ2) is 14.6. The molecule has 0 bridgehead atoms. The molecule has 0 fully saturated rings. The van der Waals surface area contributed by atoms with Crippen molar-refractivity contribution in [2.75, 3.05) is 0 Å². The highest BCUT2D eigenvalue weighted by Crippen LogP contribution is 2.21. The number of aryl methyl sites for hydroxylation is 4. The molecule has 3 aromatic rings. The molecule has 0 aliphatic carbocycles. The van der Waals surface area contributed by atoms with E-state index in [0.717, 1.165) is 6.42 Å². The quantitative estimate of drug-likeness (QED) is 0.389. The maximum absolute atomic E-state index is 2.23. The topological polar surface area (TPSA) is 0 Å². The van der Waals surface area contributed by atoms with Crippen molar-refractivity contribution < 1.29 is 0 Å². The lowest BCUT2D eigenvalue weighted by Crippen LogP contribution is -2.10. The van der Waals surface area contributed by atoms with E-state index in [1.54, 1.807) is 0 Å². The van der Waals surface area contributed by atoms with E-state index in [4.69, 9.17) is 0 Å². The van der Waals surface area contributed by atoms with Gasteiger partial charge in [-0.05, 0) is 43.7 Å². The van der Waals surface area contributed by atoms with Crippen LogP contribution in [-0.4, -0.2) is 0 Å². The van der Waals surface area contributed by atoms with E-state index >= 15 is 0 Å². The van der Waals surface area contributed by atoms with Crippen molar-refractivity contribution in [2.45, 2.75) is 74.1 Å². The van der Waals surface area contributed by atoms with Gasteiger partial charge in [0.2, 0.25) is 0 Å². The van der Waals surface area contributed by atoms with Crippen molar-refractivity contribution in [3.63, 3.8) is 0 Å². The highest BCUT2D eigenvalue weighted by atomic mass is 14.2. The number of hydrogen-bond donors (Lipinski definition) is 0. The summed E-state index contributed by atoms with van der Waals surface area (Å²) in [5.41, 5.74) is 7.11. The first-order chi connectivity index (χ1) is 13.7. The summed E-state index contributed by atoms with van der Waals surface area (Å²) in [6.07, 6.45) is 1.14. The van der Waals surface area contributed by atoms with Crippen LogP contribution < -0.4 is 0 Å². The maximum atomic E-state index is 2.23. The Kier molecular flexibility index (Phi) is 13.4. The third-order valence-corrected chi connectivity index (χ3v) is 4.34. The Balaban J connectivity index is 0.000000395. The minimum Gasteiger partial charge on any atom is -0.0683 e. The van der Waals surface area contributed by atoms with Gasteiger partial charge in [0.05, 0.1) is 0 Å². The molecule has 0 saturated carbocycles. The van der Waals surface area contributed by atoms with Crippen LogP contribution >= 0.6 is 0 Å². The summed E-state index contributed by atoms with van der Waals surface area (Å²) in [5, 5.41) is 0. The number of benzene rings is 3. The molecule has 0 heterocycles. The second-order valence-electron chi connectivity index (χ2n) is 8.11. The largest absolute Gasteiger partial charge is 0.0683 e. The SMILES string of the molecule is CC.CCc1ccccc1.Cc1ccc(C(C)(C)C)cc1.Cc1cccc(C)c1. The summed E-state index contributed by atoms with van der Waals surface area (Å²) in [5.74, 6) is 0. The molecule has 3 aromatic carbocycles. The molecular formula is C29H42. The molecule has 0 unspecified atom stereocenters. The zero-order valence-electron chi connectivity index (χ0n) is 20.2. The zero-order chi connectivity index (χ0) is 22.3. The third kappa shape index (κ3) is 12.7. The molecule has 0 aliphatic rings. The summed E-state index contributed by atoms with van der Waals surface area (Å²) < 4.78 is 0. The molecular weight excluding hydrogens is 348 g/mol. The van der Waals surface area contributed by atoms with Crippen molar-refractivity contribution in [1.29, 1.82) is 0 Å². The third-order valence-electron chi connectivity index (χ3n) is 4.34. The molecule has 0 atom stereocenters. The highest BCUT2D eigenvalue weighted by molar-refractivity contribution is 5.26. The van der Waals surface area contributed by atoms with Gasteiger partial charge in [-0.1, -0.05) is 137 Å². The first-order valence-corrected chi connectivity index (χ1v) is 10.9. The van der Waals surface area contributed by atoms with Gasteiger partial charge in [0.25, 0.3) is 0 Å². The summed E-state index contributed by atoms with van der Waals surface area (Å²) >= 11 is 0. The van der Waals surface area contributed by atoms with Gasteiger partial charge in [-0.2, -0.15) is 0 Å². The van der Waals surface area contributed by atoms with Crippen LogP contribution in [-0.2, 0) is 11.8 Å². The molecule has 0 radical (unpaired) electrons. The highest BCUT2D eigenvalue weighted by Gasteiger charge is 2.11. The van der Waals surface area contributed by atoms with Gasteiger partial charge in [-0.3, -0.25) is 0 Å². The molecule has 0 nitrogen and oxygen atoms in total. The van der Waals surface area contributed by atoms with E-state index < -0.39 is 0 Å². The molecule has 0 amide bonds. The van der Waals surface area contributed by atoms with Crippen molar-refractivity contribution in [2.24, 2.45) is 0 Å². The Hall–Kier alpha value is -2.34. The lowest BCUT2D eigenvalue weighted by atomic mass is 9.87. The number of hydrogen-bond acceptors (Lipinski definition) is 0. The lowest BCUT2D eigenvalue weighted by molar-refractivity contribution is 0.590. The van der Waals surface area contributed by atoms with Gasteiger partial charge in [0.1, 0.15) is 0 Å². The average Bonchev–Trinajstić information content (AvgIpc) is 2.70. The molecule has 3 rings (SSSR count). The van der Waals surface area contributed by atoms with Crippen molar-refractivity contribution in [3.8, 4) is 0 Å². The summed E-state index contributed by atoms with van der Waals surface area (Å²) in [6, 6.07) is 27.6. The van der Waals surface area contributed by atoms with Crippen LogP contribution in [0.1, 0.15) is 69.4 Å². The molecule has 0 N–H and O–H groups in total. The first-order valence-electron chi connectivity index (χ1n) is 10.9. The zero-order valence-corrected chi connectivity index (χ0v) is 20.2. The Labute approximate surface area is 181 Å². The maximum Gasteiger partial charge on any atom is -0.0132 e. The van der Waals surface area contributed by atoms with Crippen molar-refractivity contribution >= 4 is 0 Å². The van der Waals surface area contributed by atoms with Crippen molar-refractivity contribution in [1.82, 2.24) is 0 Å². The minimum atomic E-state index is 0.285. The van der Waals surface area contributed by atoms with E-state index in [0.29, 0.717) is 0 Å². The average molecular weight is 391 g/mol. The predicted molar refractivity (Wildman–Crippen MR) is 133 cm³/mol. The Bertz CT molecular complexity index is 742. The Morgan fingerprint density at radius 3 is 1.38 bits per heavy atom. The fourth-order valence-corrected chi connectivity index (χ4v) is 2.57. The van der Waals surface area contributed by atoms with Gasteiger partial charge in [-0.25, -0.2) is 0 Å². The second-order valence-corrected chi connectivity index (χ2v) is 8.11. The van der Waals surface area contributed by atoms with E-state index in [2.05, 4.69) is 121 Å². The van der Waals surface area contributed by atoms with Crippen LogP contribution in [0.3, 0.4) is 0 Å². The van der Waals surface area contributed by atoms with Gasteiger partial charge in [0.15, 0.2) is 0 Å². The van der Waals surface area contributed by atoms with E-state index in [9.17, 15) is 0 Å². The van der Waals surface area contributed by atoms with Crippen LogP contribution in [0.25, 0.3) is 0 Å². The molecule has 0 aromatic heterocycles. The summed E-state index contributed by atoms with van der Waals surface area (Å²) in [7, 11) is 0. The molecule has 0 saturated heterocycles. The summed E-state index contributed by atoms with van der Waals surface area (Å²) in [6.45, 7) is 19.2. The van der Waals surface area contributed by atoms with Crippen LogP contribution in [0.15, 0.2) is 78.9 Å². The molecule has 29 heavy (non-hydrogen) atoms. The smallest absolute Gasteiger partial charge is 0.0132 e. The summed E-state index contributed by atoms with van der Waals surface area (Å²) in [4.78, 5) is 0. The molecule has 0 spiro atoms. The Morgan fingerprint density at radius 1 is 0.586 bits per heavy atom. The lowest BCUT2D eigenvalue weighted by Gasteiger charge is -2.18. The molecule has 158 valence electrons. The first kappa shape index (κ1) is 26.7. The number of rotatable bonds is 1. The van der Waals surface area contributed by atoms with Crippen LogP contribution in [0.5, 0.6) is 0 Å². The van der Waals surface area contributed by atoms with Crippen LogP contribution in [0.4, 0.5) is 0 Å². The fraction of sp³-hybridized carbons (Fsp3) is 0.379. The predicted octanol–water partition coefficient (Wildman–Crippen LogP) is 8.87.